The van der Waals surface area contributed by atoms with Gasteiger partial charge < -0.3 is 0 Å². The number of halogens is 3. The quantitative estimate of drug-likeness (QED) is 0.578. The van der Waals surface area contributed by atoms with Gasteiger partial charge in [0.2, 0.25) is 0 Å². The first-order chi connectivity index (χ1) is 6.60. The Balaban J connectivity index is 3.34. The molecule has 0 aliphatic rings. The van der Waals surface area contributed by atoms with Crippen LogP contribution in [0.1, 0.15) is 33.7 Å². The molecule has 1 aromatic rings. The molecule has 5 heteroatoms. The molecule has 0 unspecified atom stereocenters. The second-order valence-electron chi connectivity index (χ2n) is 2.78. The van der Waals surface area contributed by atoms with Gasteiger partial charge in [-0.1, -0.05) is 0 Å². The average Bonchev–Trinajstić information content (AvgIpc) is 2.15. The van der Waals surface area contributed by atoms with Crippen molar-refractivity contribution in [1.82, 2.24) is 4.98 Å². The molecule has 0 aromatic carbocycles. The fraction of sp³-hybridized carbons (Fsp3) is 0.333. The zero-order valence-electron chi connectivity index (χ0n) is 7.43. The zero-order chi connectivity index (χ0) is 10.7. The molecule has 14 heavy (non-hydrogen) atoms. The number of hydrogen-bond donors (Lipinski definition) is 0. The van der Waals surface area contributed by atoms with Gasteiger partial charge in [0, 0.05) is 5.56 Å². The third-order valence-electron chi connectivity index (χ3n) is 1.83. The first-order valence-corrected chi connectivity index (χ1v) is 4.43. The Morgan fingerprint density at radius 1 is 1.64 bits per heavy atom. The summed E-state index contributed by atoms with van der Waals surface area (Å²) in [6, 6.07) is 1.32. The second kappa shape index (κ2) is 4.46. The van der Waals surface area contributed by atoms with Crippen LogP contribution in [-0.2, 0) is 5.88 Å². The third-order valence-corrected chi connectivity index (χ3v) is 2.08. The van der Waals surface area contributed by atoms with Gasteiger partial charge in [0.25, 0.3) is 6.43 Å². The first-order valence-electron chi connectivity index (χ1n) is 3.89. The van der Waals surface area contributed by atoms with Crippen LogP contribution in [0.25, 0.3) is 0 Å². The van der Waals surface area contributed by atoms with Crippen molar-refractivity contribution in [2.24, 2.45) is 0 Å². The van der Waals surface area contributed by atoms with Crippen molar-refractivity contribution in [3.63, 3.8) is 0 Å². The molecule has 2 nitrogen and oxygen atoms in total. The van der Waals surface area contributed by atoms with Crippen LogP contribution in [0.4, 0.5) is 8.78 Å². The SMILES string of the molecule is Cc1cc(C=O)nc(CCl)c1C(F)F. The van der Waals surface area contributed by atoms with Crippen LogP contribution < -0.4 is 0 Å². The predicted molar refractivity (Wildman–Crippen MR) is 48.9 cm³/mol. The van der Waals surface area contributed by atoms with E-state index in [-0.39, 0.29) is 22.8 Å². The number of alkyl halides is 3. The summed E-state index contributed by atoms with van der Waals surface area (Å²) >= 11 is 5.47. The van der Waals surface area contributed by atoms with Gasteiger partial charge in [0.05, 0.1) is 11.6 Å². The summed E-state index contributed by atoms with van der Waals surface area (Å²) in [6.07, 6.45) is -2.10. The monoisotopic (exact) mass is 219 g/mol. The number of rotatable bonds is 3. The summed E-state index contributed by atoms with van der Waals surface area (Å²) in [7, 11) is 0. The summed E-state index contributed by atoms with van der Waals surface area (Å²) in [5, 5.41) is 0. The van der Waals surface area contributed by atoms with Gasteiger partial charge in [0.1, 0.15) is 5.69 Å². The van der Waals surface area contributed by atoms with Crippen LogP contribution in [0, 0.1) is 6.92 Å². The molecule has 0 bridgehead atoms. The lowest BCUT2D eigenvalue weighted by molar-refractivity contribution is 0.111. The lowest BCUT2D eigenvalue weighted by atomic mass is 10.1. The number of pyridine rings is 1. The Kier molecular flexibility index (Phi) is 3.52. The fourth-order valence-corrected chi connectivity index (χ4v) is 1.44. The summed E-state index contributed by atoms with van der Waals surface area (Å²) in [6.45, 7) is 1.51. The lowest BCUT2D eigenvalue weighted by Crippen LogP contribution is -2.03. The molecule has 0 radical (unpaired) electrons. The smallest absolute Gasteiger partial charge is 0.265 e. The minimum absolute atomic E-state index is 0.0729. The van der Waals surface area contributed by atoms with Gasteiger partial charge in [-0.2, -0.15) is 0 Å². The Morgan fingerprint density at radius 2 is 2.29 bits per heavy atom. The fourth-order valence-electron chi connectivity index (χ4n) is 1.24. The average molecular weight is 220 g/mol. The standard InChI is InChI=1S/C9H8ClF2NO/c1-5-2-6(4-14)13-7(3-10)8(5)9(11)12/h2,4,9H,3H2,1H3. The van der Waals surface area contributed by atoms with Gasteiger partial charge in [-0.25, -0.2) is 13.8 Å². The number of carbonyl (C=O) groups excluding carboxylic acids is 1. The van der Waals surface area contributed by atoms with Gasteiger partial charge in [-0.3, -0.25) is 4.79 Å². The molecule has 0 saturated carbocycles. The highest BCUT2D eigenvalue weighted by Gasteiger charge is 2.17. The molecule has 0 amide bonds. The molecular formula is C9H8ClF2NO. The zero-order valence-corrected chi connectivity index (χ0v) is 8.18. The van der Waals surface area contributed by atoms with Gasteiger partial charge in [0.15, 0.2) is 6.29 Å². The van der Waals surface area contributed by atoms with E-state index < -0.39 is 6.43 Å². The Morgan fingerprint density at radius 3 is 2.71 bits per heavy atom. The molecule has 0 fully saturated rings. The maximum Gasteiger partial charge on any atom is 0.265 e. The third kappa shape index (κ3) is 2.07. The van der Waals surface area contributed by atoms with Crippen molar-refractivity contribution in [1.29, 1.82) is 0 Å². The number of aryl methyl sites for hydroxylation is 1. The van der Waals surface area contributed by atoms with Crippen molar-refractivity contribution < 1.29 is 13.6 Å². The second-order valence-corrected chi connectivity index (χ2v) is 3.04. The summed E-state index contributed by atoms with van der Waals surface area (Å²) in [5.74, 6) is -0.123. The summed E-state index contributed by atoms with van der Waals surface area (Å²) in [4.78, 5) is 14.1. The minimum atomic E-state index is -2.61. The molecule has 0 saturated heterocycles. The number of aldehydes is 1. The van der Waals surface area contributed by atoms with E-state index in [9.17, 15) is 13.6 Å². The molecule has 76 valence electrons. The van der Waals surface area contributed by atoms with Crippen LogP contribution in [0.2, 0.25) is 0 Å². The van der Waals surface area contributed by atoms with Gasteiger partial charge in [-0.15, -0.1) is 11.6 Å². The van der Waals surface area contributed by atoms with Gasteiger partial charge >= 0.3 is 0 Å². The van der Waals surface area contributed by atoms with Gasteiger partial charge in [-0.05, 0) is 18.6 Å². The first kappa shape index (κ1) is 11.0. The summed E-state index contributed by atoms with van der Waals surface area (Å²) < 4.78 is 25.0. The molecule has 0 aliphatic heterocycles. The highest BCUT2D eigenvalue weighted by molar-refractivity contribution is 6.17. The molecule has 0 spiro atoms. The number of aromatic nitrogens is 1. The lowest BCUT2D eigenvalue weighted by Gasteiger charge is -2.09. The van der Waals surface area contributed by atoms with E-state index in [4.69, 9.17) is 11.6 Å². The topological polar surface area (TPSA) is 30.0 Å². The van der Waals surface area contributed by atoms with Crippen LogP contribution >= 0.6 is 11.6 Å². The molecule has 1 rings (SSSR count). The molecule has 0 atom stereocenters. The highest BCUT2D eigenvalue weighted by Crippen LogP contribution is 2.26. The predicted octanol–water partition coefficient (Wildman–Crippen LogP) is 2.88. The van der Waals surface area contributed by atoms with Crippen molar-refractivity contribution in [3.8, 4) is 0 Å². The molecular weight excluding hydrogens is 212 g/mol. The largest absolute Gasteiger partial charge is 0.296 e. The Bertz CT molecular complexity index is 355. The van der Waals surface area contributed by atoms with E-state index in [2.05, 4.69) is 4.98 Å². The van der Waals surface area contributed by atoms with Crippen molar-refractivity contribution in [3.05, 3.63) is 28.6 Å². The molecule has 0 N–H and O–H groups in total. The normalized spacial score (nSPS) is 10.6. The minimum Gasteiger partial charge on any atom is -0.296 e. The van der Waals surface area contributed by atoms with E-state index in [1.807, 2.05) is 0 Å². The highest BCUT2D eigenvalue weighted by atomic mass is 35.5. The Labute approximate surface area is 84.9 Å². The molecule has 1 aromatic heterocycles. The van der Waals surface area contributed by atoms with Crippen LogP contribution in [-0.4, -0.2) is 11.3 Å². The maximum atomic E-state index is 12.5. The van der Waals surface area contributed by atoms with E-state index in [0.29, 0.717) is 11.8 Å². The number of nitrogens with zero attached hydrogens (tertiary/aromatic N) is 1. The van der Waals surface area contributed by atoms with Crippen molar-refractivity contribution >= 4 is 17.9 Å². The Hall–Kier alpha value is -1.03. The number of carbonyl (C=O) groups is 1. The number of hydrogen-bond acceptors (Lipinski definition) is 2. The van der Waals surface area contributed by atoms with E-state index in [1.165, 1.54) is 13.0 Å². The molecule has 1 heterocycles. The molecule has 0 aliphatic carbocycles. The van der Waals surface area contributed by atoms with Crippen LogP contribution in [0.5, 0.6) is 0 Å². The van der Waals surface area contributed by atoms with Crippen molar-refractivity contribution in [2.45, 2.75) is 19.2 Å². The van der Waals surface area contributed by atoms with E-state index in [1.54, 1.807) is 0 Å². The van der Waals surface area contributed by atoms with E-state index in [0.717, 1.165) is 0 Å². The van der Waals surface area contributed by atoms with Crippen LogP contribution in [0.3, 0.4) is 0 Å². The summed E-state index contributed by atoms with van der Waals surface area (Å²) in [5.41, 5.74) is 0.365. The van der Waals surface area contributed by atoms with E-state index >= 15 is 0 Å². The maximum absolute atomic E-state index is 12.5. The van der Waals surface area contributed by atoms with Crippen molar-refractivity contribution in [2.75, 3.05) is 0 Å². The van der Waals surface area contributed by atoms with Crippen LogP contribution in [0.15, 0.2) is 6.07 Å².